The Morgan fingerprint density at radius 2 is 2.00 bits per heavy atom. The molecule has 1 aliphatic rings. The SMILES string of the molecule is CCO/C=C(/[Te]c1ccccc1)C1(O)CCCC1. The van der Waals surface area contributed by atoms with Gasteiger partial charge in [-0.2, -0.15) is 0 Å². The van der Waals surface area contributed by atoms with Crippen LogP contribution in [0.1, 0.15) is 32.6 Å². The topological polar surface area (TPSA) is 29.5 Å². The predicted octanol–water partition coefficient (Wildman–Crippen LogP) is 2.20. The molecular formula is C15H20O2Te. The predicted molar refractivity (Wildman–Crippen MR) is 75.0 cm³/mol. The van der Waals surface area contributed by atoms with Crippen molar-refractivity contribution in [1.29, 1.82) is 0 Å². The molecule has 0 aliphatic heterocycles. The molecule has 0 saturated heterocycles. The molecule has 0 unspecified atom stereocenters. The Kier molecular flexibility index (Phi) is 5.12. The molecule has 18 heavy (non-hydrogen) atoms. The van der Waals surface area contributed by atoms with Gasteiger partial charge in [-0.05, 0) is 0 Å². The van der Waals surface area contributed by atoms with Gasteiger partial charge < -0.3 is 0 Å². The molecule has 0 spiro atoms. The second-order valence-electron chi connectivity index (χ2n) is 4.59. The van der Waals surface area contributed by atoms with Gasteiger partial charge in [0.2, 0.25) is 0 Å². The Hall–Kier alpha value is -0.490. The van der Waals surface area contributed by atoms with Crippen molar-refractivity contribution in [2.24, 2.45) is 0 Å². The summed E-state index contributed by atoms with van der Waals surface area (Å²) in [6.45, 7) is 2.65. The van der Waals surface area contributed by atoms with Crippen molar-refractivity contribution in [3.05, 3.63) is 40.2 Å². The third-order valence-electron chi connectivity index (χ3n) is 3.22. The molecule has 0 radical (unpaired) electrons. The van der Waals surface area contributed by atoms with Crippen LogP contribution in [-0.4, -0.2) is 38.2 Å². The van der Waals surface area contributed by atoms with Crippen LogP contribution in [0.15, 0.2) is 40.2 Å². The molecule has 98 valence electrons. The molecule has 1 saturated carbocycles. The first kappa shape index (κ1) is 13.9. The summed E-state index contributed by atoms with van der Waals surface area (Å²) in [6, 6.07) is 10.5. The van der Waals surface area contributed by atoms with E-state index in [0.717, 1.165) is 29.3 Å². The average Bonchev–Trinajstić information content (AvgIpc) is 2.84. The van der Waals surface area contributed by atoms with Crippen LogP contribution in [0.3, 0.4) is 0 Å². The van der Waals surface area contributed by atoms with Crippen LogP contribution in [0, 0.1) is 0 Å². The van der Waals surface area contributed by atoms with Gasteiger partial charge in [0.15, 0.2) is 0 Å². The Morgan fingerprint density at radius 1 is 1.33 bits per heavy atom. The first-order chi connectivity index (χ1) is 8.74. The second kappa shape index (κ2) is 6.61. The number of aliphatic hydroxyl groups is 1. The van der Waals surface area contributed by atoms with Gasteiger partial charge in [0, 0.05) is 0 Å². The number of hydrogen-bond donors (Lipinski definition) is 1. The standard InChI is InChI=1S/C15H20O2Te/c1-2-17-12-14(15(16)10-6-7-11-15)18-13-8-4-3-5-9-13/h3-5,8-9,12,16H,2,6-7,10-11H2,1H3/b14-12+. The van der Waals surface area contributed by atoms with E-state index in [1.54, 1.807) is 0 Å². The van der Waals surface area contributed by atoms with E-state index < -0.39 is 26.5 Å². The van der Waals surface area contributed by atoms with Crippen molar-refractivity contribution in [3.63, 3.8) is 0 Å². The molecule has 0 heterocycles. The average molecular weight is 360 g/mol. The summed E-state index contributed by atoms with van der Waals surface area (Å²) < 4.78 is 7.96. The van der Waals surface area contributed by atoms with Crippen LogP contribution in [0.2, 0.25) is 0 Å². The summed E-state index contributed by atoms with van der Waals surface area (Å²) in [5, 5.41) is 10.7. The molecule has 1 aliphatic carbocycles. The molecular weight excluding hydrogens is 340 g/mol. The van der Waals surface area contributed by atoms with E-state index in [2.05, 4.69) is 24.3 Å². The normalized spacial score (nSPS) is 18.9. The maximum atomic E-state index is 10.7. The Labute approximate surface area is 119 Å². The summed E-state index contributed by atoms with van der Waals surface area (Å²) in [4.78, 5) is 0. The zero-order valence-corrected chi connectivity index (χ0v) is 13.1. The first-order valence-electron chi connectivity index (χ1n) is 6.52. The van der Waals surface area contributed by atoms with Crippen LogP contribution in [-0.2, 0) is 4.74 Å². The summed E-state index contributed by atoms with van der Waals surface area (Å²) in [6.07, 6.45) is 5.87. The minimum absolute atomic E-state index is 0.529. The van der Waals surface area contributed by atoms with E-state index in [-0.39, 0.29) is 0 Å². The van der Waals surface area contributed by atoms with Gasteiger partial charge in [-0.25, -0.2) is 0 Å². The van der Waals surface area contributed by atoms with E-state index in [9.17, 15) is 5.11 Å². The van der Waals surface area contributed by atoms with Crippen molar-refractivity contribution in [1.82, 2.24) is 0 Å². The van der Waals surface area contributed by atoms with Gasteiger partial charge in [-0.3, -0.25) is 0 Å². The second-order valence-corrected chi connectivity index (χ2v) is 7.77. The van der Waals surface area contributed by atoms with E-state index in [4.69, 9.17) is 4.74 Å². The summed E-state index contributed by atoms with van der Waals surface area (Å²) >= 11 is -0.529. The first-order valence-corrected chi connectivity index (χ1v) is 8.85. The molecule has 1 aromatic rings. The summed E-state index contributed by atoms with van der Waals surface area (Å²) in [5.41, 5.74) is -0.590. The molecule has 0 amide bonds. The fourth-order valence-electron chi connectivity index (χ4n) is 2.21. The molecule has 1 N–H and O–H groups in total. The summed E-state index contributed by atoms with van der Waals surface area (Å²) in [5.74, 6) is 0. The molecule has 0 bridgehead atoms. The van der Waals surface area contributed by atoms with Crippen LogP contribution in [0.5, 0.6) is 0 Å². The van der Waals surface area contributed by atoms with E-state index in [0.29, 0.717) is 6.61 Å². The number of rotatable bonds is 5. The van der Waals surface area contributed by atoms with Crippen LogP contribution in [0.25, 0.3) is 0 Å². The van der Waals surface area contributed by atoms with E-state index in [1.165, 1.54) is 3.61 Å². The van der Waals surface area contributed by atoms with Gasteiger partial charge in [0.1, 0.15) is 0 Å². The Balaban J connectivity index is 2.15. The van der Waals surface area contributed by atoms with Crippen molar-refractivity contribution in [3.8, 4) is 0 Å². The quantitative estimate of drug-likeness (QED) is 0.645. The number of hydrogen-bond acceptors (Lipinski definition) is 2. The monoisotopic (exact) mass is 362 g/mol. The zero-order valence-electron chi connectivity index (χ0n) is 10.8. The van der Waals surface area contributed by atoms with Gasteiger partial charge in [-0.15, -0.1) is 0 Å². The van der Waals surface area contributed by atoms with Gasteiger partial charge in [-0.1, -0.05) is 0 Å². The Morgan fingerprint density at radius 3 is 2.61 bits per heavy atom. The fourth-order valence-corrected chi connectivity index (χ4v) is 5.23. The minimum atomic E-state index is -0.590. The van der Waals surface area contributed by atoms with Crippen molar-refractivity contribution < 1.29 is 9.84 Å². The third kappa shape index (κ3) is 3.51. The third-order valence-corrected chi connectivity index (χ3v) is 6.65. The van der Waals surface area contributed by atoms with Crippen LogP contribution >= 0.6 is 0 Å². The van der Waals surface area contributed by atoms with Crippen molar-refractivity contribution in [2.45, 2.75) is 38.2 Å². The number of benzene rings is 1. The van der Waals surface area contributed by atoms with Gasteiger partial charge in [0.25, 0.3) is 0 Å². The molecule has 2 rings (SSSR count). The van der Waals surface area contributed by atoms with E-state index >= 15 is 0 Å². The molecule has 0 aromatic heterocycles. The zero-order chi connectivity index (χ0) is 12.8. The van der Waals surface area contributed by atoms with Gasteiger partial charge >= 0.3 is 119 Å². The molecule has 1 fully saturated rings. The Bertz CT molecular complexity index is 394. The fraction of sp³-hybridized carbons (Fsp3) is 0.467. The molecule has 0 atom stereocenters. The molecule has 2 nitrogen and oxygen atoms in total. The van der Waals surface area contributed by atoms with E-state index in [1.807, 2.05) is 19.3 Å². The maximum absolute atomic E-state index is 10.7. The van der Waals surface area contributed by atoms with Crippen LogP contribution < -0.4 is 3.61 Å². The summed E-state index contributed by atoms with van der Waals surface area (Å²) in [7, 11) is 0. The molecule has 3 heteroatoms. The number of ether oxygens (including phenoxy) is 1. The van der Waals surface area contributed by atoms with Crippen LogP contribution in [0.4, 0.5) is 0 Å². The van der Waals surface area contributed by atoms with Gasteiger partial charge in [0.05, 0.1) is 0 Å². The molecule has 1 aromatic carbocycles. The van der Waals surface area contributed by atoms with Crippen molar-refractivity contribution in [2.75, 3.05) is 6.61 Å². The van der Waals surface area contributed by atoms with Crippen molar-refractivity contribution >= 4 is 24.5 Å².